The Kier molecular flexibility index (Phi) is 6.91. The molecule has 0 unspecified atom stereocenters. The Morgan fingerprint density at radius 3 is 2.50 bits per heavy atom. The third-order valence-corrected chi connectivity index (χ3v) is 8.51. The van der Waals surface area contributed by atoms with Crippen LogP contribution < -0.4 is 25.0 Å². The summed E-state index contributed by atoms with van der Waals surface area (Å²) in [4.78, 5) is 38.9. The van der Waals surface area contributed by atoms with E-state index in [1.54, 1.807) is 23.7 Å². The molecule has 12 nitrogen and oxygen atoms in total. The highest BCUT2D eigenvalue weighted by atomic mass is 32.2. The number of nitrogens with one attached hydrogen (secondary N) is 1. The summed E-state index contributed by atoms with van der Waals surface area (Å²) < 4.78 is 30.8. The van der Waals surface area contributed by atoms with E-state index in [9.17, 15) is 18.0 Å². The number of ketones is 1. The molecule has 3 N–H and O–H groups in total. The molecule has 1 fully saturated rings. The zero-order valence-electron chi connectivity index (χ0n) is 23.0. The first-order chi connectivity index (χ1) is 20.1. The van der Waals surface area contributed by atoms with E-state index in [4.69, 9.17) is 9.88 Å². The number of aromatic nitrogens is 3. The van der Waals surface area contributed by atoms with Crippen LogP contribution in [0.5, 0.6) is 5.75 Å². The molecule has 1 atom stereocenters. The van der Waals surface area contributed by atoms with Crippen molar-refractivity contribution in [2.45, 2.75) is 17.9 Å². The average molecular weight is 588 g/mol. The smallest absolute Gasteiger partial charge is 0.298 e. The van der Waals surface area contributed by atoms with Crippen LogP contribution in [0.1, 0.15) is 16.2 Å². The maximum Gasteiger partial charge on any atom is 0.298 e. The lowest BCUT2D eigenvalue weighted by Crippen LogP contribution is -2.57. The number of nitrogens with zero attached hydrogens (tertiary/aromatic N) is 5. The Bertz CT molecular complexity index is 1790. The number of sulfonamides is 1. The molecule has 0 bridgehead atoms. The Balaban J connectivity index is 1.16. The fourth-order valence-corrected chi connectivity index (χ4v) is 5.79. The van der Waals surface area contributed by atoms with Crippen LogP contribution in [-0.2, 0) is 21.9 Å². The number of piperazine rings is 1. The Morgan fingerprint density at radius 2 is 1.79 bits per heavy atom. The van der Waals surface area contributed by atoms with Gasteiger partial charge in [0.05, 0.1) is 24.1 Å². The molecule has 2 aliphatic rings. The van der Waals surface area contributed by atoms with Gasteiger partial charge in [-0.15, -0.1) is 0 Å². The van der Waals surface area contributed by atoms with E-state index in [0.29, 0.717) is 54.9 Å². The Morgan fingerprint density at radius 1 is 1.05 bits per heavy atom. The molecule has 0 aliphatic carbocycles. The summed E-state index contributed by atoms with van der Waals surface area (Å²) >= 11 is 0. The molecule has 216 valence electrons. The largest absolute Gasteiger partial charge is 0.489 e. The van der Waals surface area contributed by atoms with Crippen LogP contribution in [-0.4, -0.2) is 66.9 Å². The number of hydrogen-bond donors (Lipinski definition) is 2. The van der Waals surface area contributed by atoms with Crippen molar-refractivity contribution < 1.29 is 22.7 Å². The van der Waals surface area contributed by atoms with E-state index in [-0.39, 0.29) is 10.9 Å². The zero-order valence-corrected chi connectivity index (χ0v) is 23.8. The predicted molar refractivity (Wildman–Crippen MR) is 157 cm³/mol. The first-order valence-electron chi connectivity index (χ1n) is 13.3. The topological polar surface area (TPSA) is 153 Å². The van der Waals surface area contributed by atoms with Gasteiger partial charge in [0, 0.05) is 49.7 Å². The second-order valence-corrected chi connectivity index (χ2v) is 11.9. The fourth-order valence-electron chi connectivity index (χ4n) is 5.39. The SMILES string of the molecule is Cc1cc(-c2ccccc2)c(C(=O)C(=O)Nc2ccc3c(c2)OC[C@@H]2CN(c4ncc(S(N)(=O)=O)cn4)CCN32)n1C. The second kappa shape index (κ2) is 10.6. The maximum atomic E-state index is 13.3. The molecule has 2 aliphatic heterocycles. The number of carbonyl (C=O) groups is 2. The van der Waals surface area contributed by atoms with Crippen molar-refractivity contribution in [1.29, 1.82) is 0 Å². The summed E-state index contributed by atoms with van der Waals surface area (Å²) in [5.41, 5.74) is 4.11. The number of aryl methyl sites for hydroxylation is 1. The molecule has 4 aromatic rings. The summed E-state index contributed by atoms with van der Waals surface area (Å²) in [6, 6.07) is 16.8. The molecular weight excluding hydrogens is 558 g/mol. The first-order valence-corrected chi connectivity index (χ1v) is 14.9. The highest BCUT2D eigenvalue weighted by Crippen LogP contribution is 2.38. The van der Waals surface area contributed by atoms with Crippen molar-refractivity contribution in [1.82, 2.24) is 14.5 Å². The summed E-state index contributed by atoms with van der Waals surface area (Å²) in [5, 5.41) is 7.89. The van der Waals surface area contributed by atoms with E-state index in [2.05, 4.69) is 20.2 Å². The van der Waals surface area contributed by atoms with Gasteiger partial charge in [-0.25, -0.2) is 23.5 Å². The summed E-state index contributed by atoms with van der Waals surface area (Å²) in [5.74, 6) is -0.333. The van der Waals surface area contributed by atoms with Crippen LogP contribution in [0.25, 0.3) is 11.1 Å². The minimum absolute atomic E-state index is 0.00627. The number of fused-ring (bicyclic) bond motifs is 3. The van der Waals surface area contributed by atoms with Gasteiger partial charge in [0.1, 0.15) is 22.9 Å². The van der Waals surface area contributed by atoms with E-state index in [0.717, 1.165) is 16.9 Å². The fraction of sp³-hybridized carbons (Fsp3) is 0.241. The lowest BCUT2D eigenvalue weighted by Gasteiger charge is -2.45. The minimum Gasteiger partial charge on any atom is -0.489 e. The van der Waals surface area contributed by atoms with E-state index >= 15 is 0 Å². The predicted octanol–water partition coefficient (Wildman–Crippen LogP) is 2.35. The summed E-state index contributed by atoms with van der Waals surface area (Å²) in [6.07, 6.45) is 2.41. The number of ether oxygens (including phenoxy) is 1. The molecule has 13 heteroatoms. The van der Waals surface area contributed by atoms with Crippen molar-refractivity contribution in [3.05, 3.63) is 78.4 Å². The number of primary sulfonamides is 1. The number of hydrogen-bond acceptors (Lipinski definition) is 9. The summed E-state index contributed by atoms with van der Waals surface area (Å²) in [6.45, 7) is 4.11. The van der Waals surface area contributed by atoms with Gasteiger partial charge in [-0.05, 0) is 30.7 Å². The van der Waals surface area contributed by atoms with Crippen LogP contribution in [0.3, 0.4) is 0 Å². The average Bonchev–Trinajstić information content (AvgIpc) is 3.29. The number of benzene rings is 2. The van der Waals surface area contributed by atoms with E-state index in [1.165, 1.54) is 12.4 Å². The number of Topliss-reactive ketones (excluding diaryl/α,β-unsaturated/α-hetero) is 1. The highest BCUT2D eigenvalue weighted by molar-refractivity contribution is 7.89. The zero-order chi connectivity index (χ0) is 29.6. The van der Waals surface area contributed by atoms with Crippen LogP contribution in [0.2, 0.25) is 0 Å². The standard InChI is InChI=1S/C29H29N7O5S/c1-18-12-23(19-6-4-3-5-7-19)26(34(18)2)27(37)28(38)33-20-8-9-24-25(13-20)41-17-21-16-35(10-11-36(21)24)29-31-14-22(15-32-29)42(30,39)40/h3-9,12-15,21H,10-11,16-17H2,1-2H3,(H,33,38)(H2,30,39,40)/t21-/m0/s1. The first kappa shape index (κ1) is 27.4. The molecule has 0 saturated carbocycles. The van der Waals surface area contributed by atoms with Gasteiger partial charge in [0.15, 0.2) is 0 Å². The Hall–Kier alpha value is -4.75. The second-order valence-electron chi connectivity index (χ2n) is 10.3. The minimum atomic E-state index is -3.87. The molecule has 1 saturated heterocycles. The van der Waals surface area contributed by atoms with Gasteiger partial charge >= 0.3 is 0 Å². The van der Waals surface area contributed by atoms with E-state index < -0.39 is 21.7 Å². The Labute approximate surface area is 242 Å². The van der Waals surface area contributed by atoms with Gasteiger partial charge in [-0.1, -0.05) is 30.3 Å². The van der Waals surface area contributed by atoms with Crippen LogP contribution >= 0.6 is 0 Å². The number of nitrogens with two attached hydrogens (primary N) is 1. The molecular formula is C29H29N7O5S. The molecule has 6 rings (SSSR count). The van der Waals surface area contributed by atoms with Crippen molar-refractivity contribution in [2.24, 2.45) is 12.2 Å². The number of anilines is 3. The number of amides is 1. The van der Waals surface area contributed by atoms with Crippen LogP contribution in [0.4, 0.5) is 17.3 Å². The molecule has 4 heterocycles. The van der Waals surface area contributed by atoms with E-state index in [1.807, 2.05) is 54.3 Å². The quantitative estimate of drug-likeness (QED) is 0.256. The highest BCUT2D eigenvalue weighted by Gasteiger charge is 2.34. The third-order valence-electron chi connectivity index (χ3n) is 7.65. The van der Waals surface area contributed by atoms with Gasteiger partial charge in [-0.3, -0.25) is 9.59 Å². The van der Waals surface area contributed by atoms with Crippen molar-refractivity contribution in [2.75, 3.05) is 41.4 Å². The van der Waals surface area contributed by atoms with Crippen molar-refractivity contribution >= 4 is 39.0 Å². The molecule has 0 spiro atoms. The molecule has 2 aromatic heterocycles. The third kappa shape index (κ3) is 5.08. The van der Waals surface area contributed by atoms with Gasteiger partial charge in [-0.2, -0.15) is 0 Å². The normalized spacial score (nSPS) is 16.3. The number of carbonyl (C=O) groups excluding carboxylic acids is 2. The van der Waals surface area contributed by atoms with Gasteiger partial charge in [0.25, 0.3) is 11.7 Å². The molecule has 0 radical (unpaired) electrons. The van der Waals surface area contributed by atoms with Gasteiger partial charge < -0.3 is 24.4 Å². The molecule has 2 aromatic carbocycles. The summed E-state index contributed by atoms with van der Waals surface area (Å²) in [7, 11) is -2.09. The van der Waals surface area contributed by atoms with Gasteiger partial charge in [0.2, 0.25) is 16.0 Å². The van der Waals surface area contributed by atoms with Crippen LogP contribution in [0.15, 0.2) is 71.9 Å². The molecule has 42 heavy (non-hydrogen) atoms. The van der Waals surface area contributed by atoms with Crippen molar-refractivity contribution in [3.63, 3.8) is 0 Å². The monoisotopic (exact) mass is 587 g/mol. The van der Waals surface area contributed by atoms with Crippen molar-refractivity contribution in [3.8, 4) is 16.9 Å². The maximum absolute atomic E-state index is 13.3. The number of rotatable bonds is 6. The van der Waals surface area contributed by atoms with Crippen LogP contribution in [0, 0.1) is 6.92 Å². The molecule has 1 amide bonds. The lowest BCUT2D eigenvalue weighted by atomic mass is 10.0. The lowest BCUT2D eigenvalue weighted by molar-refractivity contribution is -0.112.